The Morgan fingerprint density at radius 3 is 2.67 bits per heavy atom. The largest absolute Gasteiger partial charge is 0.469 e. The zero-order valence-corrected chi connectivity index (χ0v) is 14.1. The Morgan fingerprint density at radius 1 is 1.29 bits per heavy atom. The van der Waals surface area contributed by atoms with Crippen LogP contribution in [-0.2, 0) is 6.54 Å². The van der Waals surface area contributed by atoms with Crippen molar-refractivity contribution in [3.63, 3.8) is 0 Å². The predicted octanol–water partition coefficient (Wildman–Crippen LogP) is 3.97. The van der Waals surface area contributed by atoms with E-state index in [0.717, 1.165) is 18.8 Å². The van der Waals surface area contributed by atoms with Crippen LogP contribution in [0.2, 0.25) is 0 Å². The second kappa shape index (κ2) is 8.00. The lowest BCUT2D eigenvalue weighted by atomic mass is 9.73. The fraction of sp³-hybridized carbons (Fsp3) is 0.778. The first-order valence-electron chi connectivity index (χ1n) is 8.57. The normalized spacial score (nSPS) is 18.3. The molecule has 2 rings (SSSR count). The molecule has 0 aliphatic heterocycles. The first-order chi connectivity index (χ1) is 10.2. The Morgan fingerprint density at radius 2 is 2.05 bits per heavy atom. The lowest BCUT2D eigenvalue weighted by Crippen LogP contribution is -2.44. The van der Waals surface area contributed by atoms with Crippen LogP contribution in [0.5, 0.6) is 0 Å². The summed E-state index contributed by atoms with van der Waals surface area (Å²) >= 11 is 0. The van der Waals surface area contributed by atoms with Gasteiger partial charge in [-0.3, -0.25) is 0 Å². The fourth-order valence-electron chi connectivity index (χ4n) is 3.72. The summed E-state index contributed by atoms with van der Waals surface area (Å²) in [5.74, 6) is 1.06. The minimum atomic E-state index is 0.472. The fourth-order valence-corrected chi connectivity index (χ4v) is 3.72. The summed E-state index contributed by atoms with van der Waals surface area (Å²) in [7, 11) is 2.25. The van der Waals surface area contributed by atoms with Gasteiger partial charge in [-0.25, -0.2) is 0 Å². The Balaban J connectivity index is 1.92. The van der Waals surface area contributed by atoms with E-state index in [1.807, 2.05) is 0 Å². The number of nitrogens with zero attached hydrogens (tertiary/aromatic N) is 1. The van der Waals surface area contributed by atoms with Gasteiger partial charge in [0, 0.05) is 25.2 Å². The maximum Gasteiger partial charge on any atom is 0.105 e. The van der Waals surface area contributed by atoms with Crippen LogP contribution >= 0.6 is 0 Å². The van der Waals surface area contributed by atoms with Crippen molar-refractivity contribution in [1.29, 1.82) is 0 Å². The van der Waals surface area contributed by atoms with Crippen LogP contribution in [0.15, 0.2) is 16.7 Å². The molecule has 0 saturated heterocycles. The monoisotopic (exact) mass is 292 g/mol. The summed E-state index contributed by atoms with van der Waals surface area (Å²) in [5.41, 5.74) is 1.80. The van der Waals surface area contributed by atoms with Crippen LogP contribution in [0, 0.1) is 12.3 Å². The minimum Gasteiger partial charge on any atom is -0.469 e. The van der Waals surface area contributed by atoms with Gasteiger partial charge in [-0.15, -0.1) is 0 Å². The van der Waals surface area contributed by atoms with Gasteiger partial charge in [0.1, 0.15) is 5.76 Å². The van der Waals surface area contributed by atoms with Gasteiger partial charge in [0.15, 0.2) is 0 Å². The molecule has 1 heterocycles. The molecule has 120 valence electrons. The summed E-state index contributed by atoms with van der Waals surface area (Å²) in [6.45, 7) is 8.81. The van der Waals surface area contributed by atoms with E-state index < -0.39 is 0 Å². The van der Waals surface area contributed by atoms with Crippen LogP contribution in [0.4, 0.5) is 0 Å². The SMILES string of the molecule is CCCNCC1(CN(C)Cc2ccoc2C)CCCCC1. The molecular formula is C18H32N2O. The quantitative estimate of drug-likeness (QED) is 0.735. The highest BCUT2D eigenvalue weighted by molar-refractivity contribution is 5.15. The molecule has 3 nitrogen and oxygen atoms in total. The Hall–Kier alpha value is -0.800. The van der Waals surface area contributed by atoms with E-state index in [0.29, 0.717) is 5.41 Å². The lowest BCUT2D eigenvalue weighted by Gasteiger charge is -2.40. The maximum atomic E-state index is 5.42. The third-order valence-corrected chi connectivity index (χ3v) is 4.85. The molecule has 0 amide bonds. The Kier molecular flexibility index (Phi) is 6.31. The third-order valence-electron chi connectivity index (χ3n) is 4.85. The summed E-state index contributed by atoms with van der Waals surface area (Å²) in [6, 6.07) is 2.11. The summed E-state index contributed by atoms with van der Waals surface area (Å²) < 4.78 is 5.42. The van der Waals surface area contributed by atoms with Crippen molar-refractivity contribution >= 4 is 0 Å². The molecular weight excluding hydrogens is 260 g/mol. The van der Waals surface area contributed by atoms with E-state index in [4.69, 9.17) is 4.42 Å². The molecule has 0 spiro atoms. The Labute approximate surface area is 130 Å². The van der Waals surface area contributed by atoms with E-state index >= 15 is 0 Å². The highest BCUT2D eigenvalue weighted by Gasteiger charge is 2.32. The van der Waals surface area contributed by atoms with Crippen molar-refractivity contribution in [3.8, 4) is 0 Å². The van der Waals surface area contributed by atoms with Gasteiger partial charge in [0.2, 0.25) is 0 Å². The molecule has 1 N–H and O–H groups in total. The van der Waals surface area contributed by atoms with Crippen molar-refractivity contribution in [2.24, 2.45) is 5.41 Å². The molecule has 1 fully saturated rings. The van der Waals surface area contributed by atoms with Gasteiger partial charge in [-0.1, -0.05) is 26.2 Å². The van der Waals surface area contributed by atoms with E-state index in [2.05, 4.69) is 37.2 Å². The molecule has 0 radical (unpaired) electrons. The molecule has 3 heteroatoms. The van der Waals surface area contributed by atoms with E-state index in [9.17, 15) is 0 Å². The van der Waals surface area contributed by atoms with Gasteiger partial charge in [0.05, 0.1) is 6.26 Å². The average molecular weight is 292 g/mol. The standard InChI is InChI=1S/C18H32N2O/c1-4-11-19-14-18(9-6-5-7-10-18)15-20(3)13-17-8-12-21-16(17)2/h8,12,19H,4-7,9-11,13-15H2,1-3H3. The first kappa shape index (κ1) is 16.6. The number of rotatable bonds is 8. The molecule has 0 aromatic carbocycles. The highest BCUT2D eigenvalue weighted by Crippen LogP contribution is 2.36. The van der Waals surface area contributed by atoms with Gasteiger partial charge < -0.3 is 14.6 Å². The smallest absolute Gasteiger partial charge is 0.105 e. The molecule has 21 heavy (non-hydrogen) atoms. The number of hydrogen-bond donors (Lipinski definition) is 1. The molecule has 1 saturated carbocycles. The van der Waals surface area contributed by atoms with E-state index in [1.165, 1.54) is 57.2 Å². The van der Waals surface area contributed by atoms with E-state index in [1.54, 1.807) is 6.26 Å². The summed E-state index contributed by atoms with van der Waals surface area (Å²) in [4.78, 5) is 2.48. The number of hydrogen-bond acceptors (Lipinski definition) is 3. The van der Waals surface area contributed by atoms with Crippen LogP contribution < -0.4 is 5.32 Å². The van der Waals surface area contributed by atoms with Crippen molar-refractivity contribution in [3.05, 3.63) is 23.7 Å². The van der Waals surface area contributed by atoms with Gasteiger partial charge in [0.25, 0.3) is 0 Å². The minimum absolute atomic E-state index is 0.472. The number of nitrogens with one attached hydrogen (secondary N) is 1. The van der Waals surface area contributed by atoms with Crippen molar-refractivity contribution < 1.29 is 4.42 Å². The second-order valence-electron chi connectivity index (χ2n) is 6.91. The van der Waals surface area contributed by atoms with Crippen molar-refractivity contribution in [1.82, 2.24) is 10.2 Å². The molecule has 0 unspecified atom stereocenters. The van der Waals surface area contributed by atoms with Crippen LogP contribution in [0.1, 0.15) is 56.8 Å². The molecule has 0 atom stereocenters. The molecule has 1 aromatic heterocycles. The molecule has 1 aliphatic rings. The summed E-state index contributed by atoms with van der Waals surface area (Å²) in [6.07, 6.45) is 9.98. The Bertz CT molecular complexity index is 407. The third kappa shape index (κ3) is 4.86. The summed E-state index contributed by atoms with van der Waals surface area (Å²) in [5, 5.41) is 3.68. The number of furan rings is 1. The van der Waals surface area contributed by atoms with Gasteiger partial charge >= 0.3 is 0 Å². The maximum absolute atomic E-state index is 5.42. The second-order valence-corrected chi connectivity index (χ2v) is 6.91. The number of aryl methyl sites for hydroxylation is 1. The van der Waals surface area contributed by atoms with Crippen molar-refractivity contribution in [2.75, 3.05) is 26.7 Å². The van der Waals surface area contributed by atoms with Gasteiger partial charge in [-0.05, 0) is 51.3 Å². The zero-order valence-electron chi connectivity index (χ0n) is 14.1. The van der Waals surface area contributed by atoms with Crippen LogP contribution in [0.3, 0.4) is 0 Å². The molecule has 0 bridgehead atoms. The average Bonchev–Trinajstić information content (AvgIpc) is 2.85. The molecule has 1 aliphatic carbocycles. The van der Waals surface area contributed by atoms with Crippen molar-refractivity contribution in [2.45, 2.75) is 58.9 Å². The van der Waals surface area contributed by atoms with Gasteiger partial charge in [-0.2, -0.15) is 0 Å². The van der Waals surface area contributed by atoms with Crippen LogP contribution in [-0.4, -0.2) is 31.6 Å². The molecule has 1 aromatic rings. The van der Waals surface area contributed by atoms with E-state index in [-0.39, 0.29) is 0 Å². The first-order valence-corrected chi connectivity index (χ1v) is 8.57. The lowest BCUT2D eigenvalue weighted by molar-refractivity contribution is 0.114. The zero-order chi connectivity index (χ0) is 15.1. The highest BCUT2D eigenvalue weighted by atomic mass is 16.3. The topological polar surface area (TPSA) is 28.4 Å². The predicted molar refractivity (Wildman–Crippen MR) is 88.5 cm³/mol. The van der Waals surface area contributed by atoms with Crippen LogP contribution in [0.25, 0.3) is 0 Å².